The van der Waals surface area contributed by atoms with Crippen molar-refractivity contribution in [3.05, 3.63) is 60.2 Å². The second kappa shape index (κ2) is 8.11. The summed E-state index contributed by atoms with van der Waals surface area (Å²) in [6, 6.07) is 19.7. The number of rotatable bonds is 7. The first kappa shape index (κ1) is 15.9. The van der Waals surface area contributed by atoms with Gasteiger partial charge in [-0.25, -0.2) is 0 Å². The van der Waals surface area contributed by atoms with Crippen LogP contribution in [0.1, 0.15) is 18.5 Å². The van der Waals surface area contributed by atoms with Gasteiger partial charge in [-0.2, -0.15) is 0 Å². The van der Waals surface area contributed by atoms with Gasteiger partial charge in [0, 0.05) is 43.0 Å². The molecule has 1 unspecified atom stereocenters. The second-order valence-electron chi connectivity index (χ2n) is 5.32. The van der Waals surface area contributed by atoms with Crippen molar-refractivity contribution in [1.82, 2.24) is 5.32 Å². The fraction of sp³-hybridized carbons (Fsp3) is 0.333. The zero-order chi connectivity index (χ0) is 15.1. The Labute approximate surface area is 132 Å². The average Bonchev–Trinajstić information content (AvgIpc) is 2.52. The Morgan fingerprint density at radius 2 is 1.67 bits per heavy atom. The van der Waals surface area contributed by atoms with Crippen LogP contribution in [-0.4, -0.2) is 26.4 Å². The molecule has 2 nitrogen and oxygen atoms in total. The fourth-order valence-corrected chi connectivity index (χ4v) is 2.95. The zero-order valence-electron chi connectivity index (χ0n) is 13.0. The quantitative estimate of drug-likeness (QED) is 0.609. The van der Waals surface area contributed by atoms with Gasteiger partial charge in [0.1, 0.15) is 0 Å². The third-order valence-electron chi connectivity index (χ3n) is 3.47. The SMILES string of the molecule is CC(NCCSc1ccccc1)c1ccc(N(C)C)cc1. The van der Waals surface area contributed by atoms with Crippen molar-refractivity contribution in [3.8, 4) is 0 Å². The average molecular weight is 300 g/mol. The molecule has 2 aromatic carbocycles. The molecule has 0 aliphatic carbocycles. The van der Waals surface area contributed by atoms with E-state index in [-0.39, 0.29) is 0 Å². The minimum atomic E-state index is 0.387. The van der Waals surface area contributed by atoms with Gasteiger partial charge in [0.2, 0.25) is 0 Å². The van der Waals surface area contributed by atoms with Crippen LogP contribution in [0.4, 0.5) is 5.69 Å². The molecule has 0 heterocycles. The Morgan fingerprint density at radius 3 is 2.29 bits per heavy atom. The maximum absolute atomic E-state index is 3.58. The van der Waals surface area contributed by atoms with Crippen molar-refractivity contribution >= 4 is 17.4 Å². The Morgan fingerprint density at radius 1 is 1.00 bits per heavy atom. The van der Waals surface area contributed by atoms with Crippen molar-refractivity contribution in [2.24, 2.45) is 0 Å². The minimum absolute atomic E-state index is 0.387. The van der Waals surface area contributed by atoms with E-state index < -0.39 is 0 Å². The van der Waals surface area contributed by atoms with Gasteiger partial charge in [0.05, 0.1) is 0 Å². The molecule has 0 saturated carbocycles. The molecule has 112 valence electrons. The van der Waals surface area contributed by atoms with E-state index in [9.17, 15) is 0 Å². The molecule has 21 heavy (non-hydrogen) atoms. The lowest BCUT2D eigenvalue weighted by Crippen LogP contribution is -2.21. The van der Waals surface area contributed by atoms with Gasteiger partial charge in [-0.1, -0.05) is 30.3 Å². The Balaban J connectivity index is 1.75. The summed E-state index contributed by atoms with van der Waals surface area (Å²) in [5, 5.41) is 3.58. The molecule has 0 saturated heterocycles. The van der Waals surface area contributed by atoms with Gasteiger partial charge < -0.3 is 10.2 Å². The molecule has 3 heteroatoms. The van der Waals surface area contributed by atoms with Gasteiger partial charge >= 0.3 is 0 Å². The largest absolute Gasteiger partial charge is 0.378 e. The molecule has 0 radical (unpaired) electrons. The molecular weight excluding hydrogens is 276 g/mol. The van der Waals surface area contributed by atoms with Crippen molar-refractivity contribution in [2.75, 3.05) is 31.3 Å². The third kappa shape index (κ3) is 5.10. The summed E-state index contributed by atoms with van der Waals surface area (Å²) in [6.45, 7) is 3.23. The molecule has 2 aromatic rings. The summed E-state index contributed by atoms with van der Waals surface area (Å²) >= 11 is 1.89. The van der Waals surface area contributed by atoms with Crippen molar-refractivity contribution in [1.29, 1.82) is 0 Å². The van der Waals surface area contributed by atoms with Gasteiger partial charge in [-0.3, -0.25) is 0 Å². The van der Waals surface area contributed by atoms with E-state index in [2.05, 4.69) is 85.8 Å². The highest BCUT2D eigenvalue weighted by atomic mass is 32.2. The Bertz CT molecular complexity index is 523. The van der Waals surface area contributed by atoms with E-state index in [0.29, 0.717) is 6.04 Å². The van der Waals surface area contributed by atoms with Crippen LogP contribution in [0.15, 0.2) is 59.5 Å². The van der Waals surface area contributed by atoms with Crippen LogP contribution in [0.25, 0.3) is 0 Å². The van der Waals surface area contributed by atoms with Crippen LogP contribution in [0, 0.1) is 0 Å². The number of thioether (sulfide) groups is 1. The molecule has 0 amide bonds. The Kier molecular flexibility index (Phi) is 6.15. The summed E-state index contributed by atoms with van der Waals surface area (Å²) in [7, 11) is 4.13. The molecule has 0 spiro atoms. The standard InChI is InChI=1S/C18H24N2S/c1-15(16-9-11-17(12-10-16)20(2)3)19-13-14-21-18-7-5-4-6-8-18/h4-12,15,19H,13-14H2,1-3H3. The highest BCUT2D eigenvalue weighted by Gasteiger charge is 2.05. The van der Waals surface area contributed by atoms with E-state index in [4.69, 9.17) is 0 Å². The lowest BCUT2D eigenvalue weighted by molar-refractivity contribution is 0.601. The minimum Gasteiger partial charge on any atom is -0.378 e. The monoisotopic (exact) mass is 300 g/mol. The zero-order valence-corrected chi connectivity index (χ0v) is 13.9. The van der Waals surface area contributed by atoms with Crippen LogP contribution < -0.4 is 10.2 Å². The van der Waals surface area contributed by atoms with Crippen molar-refractivity contribution < 1.29 is 0 Å². The van der Waals surface area contributed by atoms with E-state index in [1.54, 1.807) is 0 Å². The molecule has 0 aliphatic rings. The highest BCUT2D eigenvalue weighted by Crippen LogP contribution is 2.19. The van der Waals surface area contributed by atoms with Crippen LogP contribution >= 0.6 is 11.8 Å². The molecule has 2 rings (SSSR count). The summed E-state index contributed by atoms with van der Waals surface area (Å²) < 4.78 is 0. The Hall–Kier alpha value is -1.45. The summed E-state index contributed by atoms with van der Waals surface area (Å²) in [6.07, 6.45) is 0. The molecule has 1 N–H and O–H groups in total. The number of nitrogens with one attached hydrogen (secondary N) is 1. The number of hydrogen-bond acceptors (Lipinski definition) is 3. The third-order valence-corrected chi connectivity index (χ3v) is 4.49. The smallest absolute Gasteiger partial charge is 0.0361 e. The predicted octanol–water partition coefficient (Wildman–Crippen LogP) is 4.20. The van der Waals surface area contributed by atoms with Crippen molar-refractivity contribution in [2.45, 2.75) is 17.9 Å². The summed E-state index contributed by atoms with van der Waals surface area (Å²) in [4.78, 5) is 3.46. The van der Waals surface area contributed by atoms with E-state index in [1.807, 2.05) is 11.8 Å². The van der Waals surface area contributed by atoms with Crippen molar-refractivity contribution in [3.63, 3.8) is 0 Å². The number of hydrogen-bond donors (Lipinski definition) is 1. The first-order valence-corrected chi connectivity index (χ1v) is 8.34. The lowest BCUT2D eigenvalue weighted by atomic mass is 10.1. The predicted molar refractivity (Wildman–Crippen MR) is 94.4 cm³/mol. The highest BCUT2D eigenvalue weighted by molar-refractivity contribution is 7.99. The number of benzene rings is 2. The van der Waals surface area contributed by atoms with E-state index >= 15 is 0 Å². The summed E-state index contributed by atoms with van der Waals surface area (Å²) in [5.41, 5.74) is 2.58. The maximum Gasteiger partial charge on any atom is 0.0361 e. The van der Waals surface area contributed by atoms with Crippen LogP contribution in [0.5, 0.6) is 0 Å². The van der Waals surface area contributed by atoms with Gasteiger partial charge in [0.25, 0.3) is 0 Å². The maximum atomic E-state index is 3.58. The molecular formula is C18H24N2S. The first-order valence-electron chi connectivity index (χ1n) is 7.35. The fourth-order valence-electron chi connectivity index (χ4n) is 2.14. The van der Waals surface area contributed by atoms with E-state index in [1.165, 1.54) is 16.1 Å². The van der Waals surface area contributed by atoms with Crippen LogP contribution in [0.3, 0.4) is 0 Å². The number of anilines is 1. The van der Waals surface area contributed by atoms with Gasteiger partial charge in [-0.15, -0.1) is 11.8 Å². The molecule has 1 atom stereocenters. The topological polar surface area (TPSA) is 15.3 Å². The van der Waals surface area contributed by atoms with E-state index in [0.717, 1.165) is 12.3 Å². The molecule has 0 bridgehead atoms. The van der Waals surface area contributed by atoms with Gasteiger partial charge in [-0.05, 0) is 36.8 Å². The molecule has 0 aliphatic heterocycles. The van der Waals surface area contributed by atoms with Gasteiger partial charge in [0.15, 0.2) is 0 Å². The molecule has 0 aromatic heterocycles. The second-order valence-corrected chi connectivity index (χ2v) is 6.49. The van der Waals surface area contributed by atoms with Crippen LogP contribution in [-0.2, 0) is 0 Å². The molecule has 0 fully saturated rings. The lowest BCUT2D eigenvalue weighted by Gasteiger charge is -2.17. The van der Waals surface area contributed by atoms with Crippen LogP contribution in [0.2, 0.25) is 0 Å². The summed E-state index contributed by atoms with van der Waals surface area (Å²) in [5.74, 6) is 1.09. The normalized spacial score (nSPS) is 12.1. The first-order chi connectivity index (χ1) is 10.2. The number of nitrogens with zero attached hydrogens (tertiary/aromatic N) is 1.